The summed E-state index contributed by atoms with van der Waals surface area (Å²) in [5, 5.41) is 37.6. The van der Waals surface area contributed by atoms with Gasteiger partial charge in [0.2, 0.25) is 35.4 Å². The topological polar surface area (TPSA) is 345 Å². The summed E-state index contributed by atoms with van der Waals surface area (Å²) >= 11 is 0. The lowest BCUT2D eigenvalue weighted by Gasteiger charge is -2.31. The fraction of sp³-hybridized carbons (Fsp3) is 0.388. The van der Waals surface area contributed by atoms with Crippen LogP contribution in [0.1, 0.15) is 123 Å². The van der Waals surface area contributed by atoms with Crippen molar-refractivity contribution in [3.63, 3.8) is 0 Å². The molecule has 1 saturated heterocycles. The Morgan fingerprint density at radius 1 is 0.688 bits per heavy atom. The van der Waals surface area contributed by atoms with Crippen LogP contribution in [0.3, 0.4) is 0 Å². The van der Waals surface area contributed by atoms with E-state index in [4.69, 9.17) is 28.4 Å². The molecule has 1 aliphatic carbocycles. The standard InChI is InChI=1S/C80H89N13O16/c1-45(2)71(86-69(96)40-83-68(95)39-82-67(94)26-27-70(97)90-41-50-14-9-10-15-55(50)73-72(87-88-93(73)46(3)4)56-16-11-12-17-60(56)90)75(99)84-47(5)74(98)85-52-22-18-48(19-23-52)43-109-79(103)92-61-36-66(64(106-8)34-58(61)77(101)91-44-80(28-29-80)37-62(91)78(92)102)108-31-13-30-107-65-35-59-57(33-63(65)105-7)76(100)89-42-51(32-53(89)38-81-59)49-20-24-54(104-6)25-21-49/h9-12,14-25,33-36,42,45-47,53,62,71,78,81,102H,13,26-32,37-41,43-44H2,1-8H3,(H,82,94)(H,83,95)(H,84,99)(H,85,98)(H,86,96)/t47-,53-,62-,71-,78-/m0/s1. The second-order valence-electron chi connectivity index (χ2n) is 28.7. The fourth-order valence-corrected chi connectivity index (χ4v) is 14.5. The Labute approximate surface area is 629 Å². The predicted octanol–water partition coefficient (Wildman–Crippen LogP) is 8.36. The van der Waals surface area contributed by atoms with E-state index in [0.717, 1.165) is 57.0 Å². The third kappa shape index (κ3) is 16.2. The number of benzene rings is 6. The summed E-state index contributed by atoms with van der Waals surface area (Å²) in [6.07, 6.45) is 2.33. The monoisotopic (exact) mass is 1490 g/mol. The summed E-state index contributed by atoms with van der Waals surface area (Å²) in [5.41, 5.74) is 8.54. The molecule has 0 radical (unpaired) electrons. The minimum Gasteiger partial charge on any atom is -0.497 e. The van der Waals surface area contributed by atoms with Gasteiger partial charge in [0.25, 0.3) is 11.8 Å². The lowest BCUT2D eigenvalue weighted by molar-refractivity contribution is -0.132. The SMILES string of the molecule is COc1ccc(C2=CN3C(=O)c4cc(OC)c(OCCCOc5cc6c(cc5OC)C(=O)N5CC7(CC7)C[C@H]5[C@H](O)N6C(=O)OCc5ccc(NC(=O)[C@H](C)NC(=O)[C@@H](NC(=O)CNC(=O)CNC(=O)CCC(=O)N6Cc7ccccc7-c7c(nnn7C(C)C)-c7ccccc76)C(C)C)cc5)cc4NC[C@@H]3C2)cc1. The van der Waals surface area contributed by atoms with Gasteiger partial charge in [0.05, 0.1) is 100 Å². The highest BCUT2D eigenvalue weighted by Crippen LogP contribution is 2.57. The average Bonchev–Trinajstić information content (AvgIpc) is 1.82. The molecule has 6 aliphatic rings. The van der Waals surface area contributed by atoms with Crippen LogP contribution in [-0.2, 0) is 46.7 Å². The Balaban J connectivity index is 0.569. The van der Waals surface area contributed by atoms with Crippen LogP contribution in [0.2, 0.25) is 0 Å². The lowest BCUT2D eigenvalue weighted by atomic mass is 9.95. The molecule has 7 N–H and O–H groups in total. The smallest absolute Gasteiger partial charge is 0.416 e. The highest BCUT2D eigenvalue weighted by molar-refractivity contribution is 6.07. The van der Waals surface area contributed by atoms with Crippen LogP contribution < -0.4 is 65.4 Å². The number of aromatic nitrogens is 3. The fourth-order valence-electron chi connectivity index (χ4n) is 14.5. The van der Waals surface area contributed by atoms with Crippen LogP contribution in [0.4, 0.5) is 27.5 Å². The number of methoxy groups -OCH3 is 3. The zero-order valence-corrected chi connectivity index (χ0v) is 62.0. The number of fused-ring (bicyclic) bond motifs is 9. The maximum Gasteiger partial charge on any atom is 0.416 e. The number of carbonyl (C=O) groups is 9. The van der Waals surface area contributed by atoms with Gasteiger partial charge in [0.15, 0.2) is 29.2 Å². The molecule has 29 nitrogen and oxygen atoms in total. The largest absolute Gasteiger partial charge is 0.497 e. The highest BCUT2D eigenvalue weighted by Gasteiger charge is 2.58. The van der Waals surface area contributed by atoms with E-state index in [1.165, 1.54) is 33.3 Å². The van der Waals surface area contributed by atoms with Crippen molar-refractivity contribution in [2.45, 2.75) is 129 Å². The minimum absolute atomic E-state index is 0.0186. The Kier molecular flexibility index (Phi) is 22.2. The molecule has 7 aromatic rings. The van der Waals surface area contributed by atoms with E-state index in [2.05, 4.69) is 42.2 Å². The van der Waals surface area contributed by atoms with Crippen molar-refractivity contribution >= 4 is 81.7 Å². The average molecular weight is 1490 g/mol. The maximum atomic E-state index is 14.5. The van der Waals surface area contributed by atoms with Crippen molar-refractivity contribution in [2.24, 2.45) is 11.3 Å². The van der Waals surface area contributed by atoms with E-state index in [1.807, 2.05) is 97.5 Å². The third-order valence-electron chi connectivity index (χ3n) is 20.6. The van der Waals surface area contributed by atoms with Gasteiger partial charge in [0, 0.05) is 73.5 Å². The number of para-hydroxylation sites is 1. The van der Waals surface area contributed by atoms with E-state index in [-0.39, 0.29) is 97.2 Å². The van der Waals surface area contributed by atoms with Gasteiger partial charge in [-0.25, -0.2) is 14.4 Å². The summed E-state index contributed by atoms with van der Waals surface area (Å²) in [6.45, 7) is 9.01. The van der Waals surface area contributed by atoms with Crippen molar-refractivity contribution in [1.29, 1.82) is 0 Å². The first kappa shape index (κ1) is 75.2. The molecule has 5 atom stereocenters. The summed E-state index contributed by atoms with van der Waals surface area (Å²) in [7, 11) is 4.56. The molecule has 1 spiro atoms. The molecule has 5 aliphatic heterocycles. The summed E-state index contributed by atoms with van der Waals surface area (Å²) in [6, 6.07) is 32.7. The maximum absolute atomic E-state index is 14.5. The van der Waals surface area contributed by atoms with E-state index < -0.39 is 79.0 Å². The normalized spacial score (nSPS) is 17.5. The van der Waals surface area contributed by atoms with Crippen LogP contribution in [-0.4, -0.2) is 174 Å². The van der Waals surface area contributed by atoms with Gasteiger partial charge >= 0.3 is 6.09 Å². The van der Waals surface area contributed by atoms with Gasteiger partial charge in [0.1, 0.15) is 30.1 Å². The number of nitrogens with one attached hydrogen (secondary N) is 6. The predicted molar refractivity (Wildman–Crippen MR) is 403 cm³/mol. The number of nitrogens with zero attached hydrogens (tertiary/aromatic N) is 7. The van der Waals surface area contributed by atoms with E-state index in [9.17, 15) is 48.3 Å². The van der Waals surface area contributed by atoms with Gasteiger partial charge < -0.3 is 80.1 Å². The highest BCUT2D eigenvalue weighted by atomic mass is 16.6. The zero-order valence-electron chi connectivity index (χ0n) is 62.0. The van der Waals surface area contributed by atoms with Crippen LogP contribution >= 0.6 is 0 Å². The second-order valence-corrected chi connectivity index (χ2v) is 28.7. The Morgan fingerprint density at radius 2 is 1.37 bits per heavy atom. The molecule has 0 unspecified atom stereocenters. The third-order valence-corrected chi connectivity index (χ3v) is 20.6. The summed E-state index contributed by atoms with van der Waals surface area (Å²) in [5.74, 6) is -2.61. The number of amides is 9. The van der Waals surface area contributed by atoms with Gasteiger partial charge in [-0.2, -0.15) is 0 Å². The number of hydrogen-bond acceptors (Lipinski definition) is 19. The number of hydrogen-bond donors (Lipinski definition) is 7. The Bertz CT molecular complexity index is 4710. The minimum atomic E-state index is -1.50. The molecule has 9 amide bonds. The van der Waals surface area contributed by atoms with Crippen molar-refractivity contribution in [3.8, 4) is 51.3 Å². The Hall–Kier alpha value is -12.0. The number of ether oxygens (including phenoxy) is 6. The molecule has 1 aromatic heterocycles. The molecule has 109 heavy (non-hydrogen) atoms. The molecule has 570 valence electrons. The number of rotatable bonds is 26. The van der Waals surface area contributed by atoms with Crippen molar-refractivity contribution < 1.29 is 76.7 Å². The molecular weight excluding hydrogens is 1400 g/mol. The first-order valence-corrected chi connectivity index (χ1v) is 36.6. The summed E-state index contributed by atoms with van der Waals surface area (Å²) < 4.78 is 37.1. The van der Waals surface area contributed by atoms with E-state index >= 15 is 0 Å². The number of aliphatic hydroxyl groups is 1. The second kappa shape index (κ2) is 32.2. The van der Waals surface area contributed by atoms with E-state index in [1.54, 1.807) is 72.1 Å². The van der Waals surface area contributed by atoms with E-state index in [0.29, 0.717) is 77.7 Å². The molecule has 1 saturated carbocycles. The first-order chi connectivity index (χ1) is 52.5. The molecule has 6 heterocycles. The van der Waals surface area contributed by atoms with Gasteiger partial charge in [-0.15, -0.1) is 5.10 Å². The Morgan fingerprint density at radius 3 is 2.06 bits per heavy atom. The molecule has 2 fully saturated rings. The zero-order chi connectivity index (χ0) is 76.9. The van der Waals surface area contributed by atoms with Crippen LogP contribution in [0, 0.1) is 11.3 Å². The van der Waals surface area contributed by atoms with Crippen LogP contribution in [0.15, 0.2) is 128 Å². The van der Waals surface area contributed by atoms with Crippen molar-refractivity contribution in [3.05, 3.63) is 155 Å². The van der Waals surface area contributed by atoms with Gasteiger partial charge in [-0.3, -0.25) is 38.4 Å². The van der Waals surface area contributed by atoms with Crippen molar-refractivity contribution in [1.82, 2.24) is 46.1 Å². The van der Waals surface area contributed by atoms with Crippen LogP contribution in [0.5, 0.6) is 28.7 Å². The molecular formula is C80H89N13O16. The summed E-state index contributed by atoms with van der Waals surface area (Å²) in [4.78, 5) is 129. The van der Waals surface area contributed by atoms with Crippen LogP contribution in [0.25, 0.3) is 28.1 Å². The number of anilines is 4. The molecule has 13 rings (SSSR count). The van der Waals surface area contributed by atoms with Crippen molar-refractivity contribution in [2.75, 3.05) is 81.2 Å². The number of aliphatic hydroxyl groups excluding tert-OH is 1. The molecule has 29 heteroatoms. The quantitative estimate of drug-likeness (QED) is 0.0250. The lowest BCUT2D eigenvalue weighted by Crippen LogP contribution is -2.55. The first-order valence-electron chi connectivity index (χ1n) is 36.6. The van der Waals surface area contributed by atoms with Gasteiger partial charge in [-0.05, 0) is 123 Å². The molecule has 0 bridgehead atoms. The molecule has 6 aromatic carbocycles. The number of carbonyl (C=O) groups excluding carboxylic acids is 9. The van der Waals surface area contributed by atoms with Gasteiger partial charge in [-0.1, -0.05) is 85.8 Å².